The third-order valence-electron chi connectivity index (χ3n) is 4.98. The zero-order chi connectivity index (χ0) is 18.4. The molecule has 0 bridgehead atoms. The summed E-state index contributed by atoms with van der Waals surface area (Å²) in [6, 6.07) is 2.04. The van der Waals surface area contributed by atoms with E-state index in [1.165, 1.54) is 0 Å². The highest BCUT2D eigenvalue weighted by atomic mass is 16.5. The van der Waals surface area contributed by atoms with E-state index in [-0.39, 0.29) is 11.8 Å². The minimum Gasteiger partial charge on any atom is -0.496 e. The zero-order valence-corrected chi connectivity index (χ0v) is 16.3. The van der Waals surface area contributed by atoms with E-state index < -0.39 is 6.10 Å². The number of carbonyl (C=O) groups excluding carboxylic acids is 1. The van der Waals surface area contributed by atoms with Crippen molar-refractivity contribution in [3.8, 4) is 5.75 Å². The van der Waals surface area contributed by atoms with Crippen LogP contribution >= 0.6 is 0 Å². The van der Waals surface area contributed by atoms with Crippen LogP contribution in [0.5, 0.6) is 5.75 Å². The maximum Gasteiger partial charge on any atom is 0.257 e. The van der Waals surface area contributed by atoms with Crippen molar-refractivity contribution in [2.45, 2.75) is 60.5 Å². The number of rotatable bonds is 8. The Labute approximate surface area is 146 Å². The van der Waals surface area contributed by atoms with Crippen molar-refractivity contribution in [2.24, 2.45) is 5.92 Å². The molecule has 136 valence electrons. The average Bonchev–Trinajstić information content (AvgIpc) is 2.56. The van der Waals surface area contributed by atoms with Gasteiger partial charge in [-0.15, -0.1) is 0 Å². The molecule has 0 aliphatic carbocycles. The number of amides is 1. The Bertz CT molecular complexity index is 564. The van der Waals surface area contributed by atoms with E-state index in [9.17, 15) is 9.90 Å². The van der Waals surface area contributed by atoms with Gasteiger partial charge >= 0.3 is 0 Å². The summed E-state index contributed by atoms with van der Waals surface area (Å²) in [6.45, 7) is 13.3. The van der Waals surface area contributed by atoms with Crippen LogP contribution in [0.3, 0.4) is 0 Å². The number of aliphatic hydroxyl groups excluding tert-OH is 1. The first-order chi connectivity index (χ1) is 11.3. The van der Waals surface area contributed by atoms with Gasteiger partial charge in [0.25, 0.3) is 5.91 Å². The first-order valence-corrected chi connectivity index (χ1v) is 8.96. The molecule has 0 aliphatic heterocycles. The largest absolute Gasteiger partial charge is 0.496 e. The third-order valence-corrected chi connectivity index (χ3v) is 4.98. The molecule has 0 heterocycles. The van der Waals surface area contributed by atoms with Gasteiger partial charge < -0.3 is 14.7 Å². The predicted octanol–water partition coefficient (Wildman–Crippen LogP) is 3.74. The van der Waals surface area contributed by atoms with Crippen LogP contribution in [-0.2, 0) is 6.42 Å². The van der Waals surface area contributed by atoms with E-state index in [1.807, 2.05) is 40.7 Å². The summed E-state index contributed by atoms with van der Waals surface area (Å²) in [4.78, 5) is 14.9. The highest BCUT2D eigenvalue weighted by Gasteiger charge is 2.26. The van der Waals surface area contributed by atoms with Crippen LogP contribution in [-0.4, -0.2) is 42.2 Å². The van der Waals surface area contributed by atoms with Gasteiger partial charge in [-0.05, 0) is 56.7 Å². The van der Waals surface area contributed by atoms with Crippen LogP contribution < -0.4 is 4.74 Å². The Morgan fingerprint density at radius 2 is 1.79 bits per heavy atom. The summed E-state index contributed by atoms with van der Waals surface area (Å²) in [5, 5.41) is 10.5. The van der Waals surface area contributed by atoms with Crippen LogP contribution in [0.1, 0.15) is 61.2 Å². The monoisotopic (exact) mass is 335 g/mol. The van der Waals surface area contributed by atoms with Crippen LogP contribution in [0.2, 0.25) is 0 Å². The lowest BCUT2D eigenvalue weighted by Gasteiger charge is -2.26. The number of hydrogen-bond acceptors (Lipinski definition) is 3. The molecule has 0 spiro atoms. The Hall–Kier alpha value is -1.55. The Morgan fingerprint density at radius 1 is 1.21 bits per heavy atom. The van der Waals surface area contributed by atoms with Gasteiger partial charge in [0.1, 0.15) is 5.75 Å². The Kier molecular flexibility index (Phi) is 7.74. The molecule has 1 N–H and O–H groups in total. The van der Waals surface area contributed by atoms with Crippen molar-refractivity contribution >= 4 is 5.91 Å². The standard InChI is InChI=1S/C20H33NO3/c1-8-13(4)17(22)12-16-14(5)11-15(6)19(24-7)18(16)20(23)21(9-2)10-3/h11,13,17,22H,8-10,12H2,1-7H3. The molecular weight excluding hydrogens is 302 g/mol. The molecule has 24 heavy (non-hydrogen) atoms. The minimum absolute atomic E-state index is 0.0185. The number of benzene rings is 1. The maximum absolute atomic E-state index is 13.1. The molecule has 0 aromatic heterocycles. The molecule has 1 amide bonds. The number of carbonyl (C=O) groups is 1. The van der Waals surface area contributed by atoms with Gasteiger partial charge in [0.15, 0.2) is 0 Å². The number of aliphatic hydroxyl groups is 1. The summed E-state index contributed by atoms with van der Waals surface area (Å²) >= 11 is 0. The molecular formula is C20H33NO3. The van der Waals surface area contributed by atoms with Crippen LogP contribution in [0.4, 0.5) is 0 Å². The second kappa shape index (κ2) is 9.07. The summed E-state index contributed by atoms with van der Waals surface area (Å²) in [5.41, 5.74) is 3.50. The Morgan fingerprint density at radius 3 is 2.25 bits per heavy atom. The first-order valence-electron chi connectivity index (χ1n) is 8.96. The van der Waals surface area contributed by atoms with Crippen molar-refractivity contribution in [1.29, 1.82) is 0 Å². The van der Waals surface area contributed by atoms with Gasteiger partial charge in [0.2, 0.25) is 0 Å². The SMILES string of the molecule is CCC(C)C(O)Cc1c(C)cc(C)c(OC)c1C(=O)N(CC)CC. The quantitative estimate of drug-likeness (QED) is 0.787. The normalized spacial score (nSPS) is 13.5. The van der Waals surface area contributed by atoms with E-state index in [4.69, 9.17) is 4.74 Å². The van der Waals surface area contributed by atoms with Crippen molar-refractivity contribution < 1.29 is 14.6 Å². The van der Waals surface area contributed by atoms with Crippen molar-refractivity contribution in [2.75, 3.05) is 20.2 Å². The van der Waals surface area contributed by atoms with Gasteiger partial charge in [0.05, 0.1) is 18.8 Å². The van der Waals surface area contributed by atoms with E-state index in [1.54, 1.807) is 12.0 Å². The summed E-state index contributed by atoms with van der Waals surface area (Å²) in [6.07, 6.45) is 0.909. The minimum atomic E-state index is -0.468. The highest BCUT2D eigenvalue weighted by molar-refractivity contribution is 5.99. The summed E-state index contributed by atoms with van der Waals surface area (Å²) in [5.74, 6) is 0.798. The molecule has 4 heteroatoms. The second-order valence-corrected chi connectivity index (χ2v) is 6.53. The van der Waals surface area contributed by atoms with E-state index in [2.05, 4.69) is 6.92 Å². The molecule has 1 aromatic rings. The summed E-state index contributed by atoms with van der Waals surface area (Å²) < 4.78 is 5.57. The average molecular weight is 335 g/mol. The molecule has 0 fully saturated rings. The van der Waals surface area contributed by atoms with Crippen molar-refractivity contribution in [3.05, 3.63) is 28.3 Å². The van der Waals surface area contributed by atoms with Crippen molar-refractivity contribution in [1.82, 2.24) is 4.90 Å². The fourth-order valence-electron chi connectivity index (χ4n) is 3.11. The van der Waals surface area contributed by atoms with Crippen LogP contribution in [0.25, 0.3) is 0 Å². The maximum atomic E-state index is 13.1. The lowest BCUT2D eigenvalue weighted by Crippen LogP contribution is -2.33. The van der Waals surface area contributed by atoms with E-state index in [0.717, 1.165) is 23.1 Å². The lowest BCUT2D eigenvalue weighted by atomic mass is 9.88. The molecule has 2 atom stereocenters. The number of methoxy groups -OCH3 is 1. The lowest BCUT2D eigenvalue weighted by molar-refractivity contribution is 0.0765. The van der Waals surface area contributed by atoms with Crippen LogP contribution in [0.15, 0.2) is 6.07 Å². The van der Waals surface area contributed by atoms with Gasteiger partial charge in [-0.2, -0.15) is 0 Å². The van der Waals surface area contributed by atoms with Gasteiger partial charge in [0, 0.05) is 13.1 Å². The van der Waals surface area contributed by atoms with Crippen LogP contribution in [0, 0.1) is 19.8 Å². The first kappa shape index (κ1) is 20.5. The molecule has 0 saturated carbocycles. The third kappa shape index (κ3) is 4.29. The molecule has 0 saturated heterocycles. The predicted molar refractivity (Wildman–Crippen MR) is 98.9 cm³/mol. The number of nitrogens with zero attached hydrogens (tertiary/aromatic N) is 1. The molecule has 0 aliphatic rings. The number of aryl methyl sites for hydroxylation is 2. The topological polar surface area (TPSA) is 49.8 Å². The van der Waals surface area contributed by atoms with E-state index >= 15 is 0 Å². The molecule has 4 nitrogen and oxygen atoms in total. The number of hydrogen-bond donors (Lipinski definition) is 1. The fraction of sp³-hybridized carbons (Fsp3) is 0.650. The molecule has 1 aromatic carbocycles. The fourth-order valence-corrected chi connectivity index (χ4v) is 3.11. The zero-order valence-electron chi connectivity index (χ0n) is 16.3. The second-order valence-electron chi connectivity index (χ2n) is 6.53. The highest BCUT2D eigenvalue weighted by Crippen LogP contribution is 2.32. The van der Waals surface area contributed by atoms with Gasteiger partial charge in [-0.25, -0.2) is 0 Å². The van der Waals surface area contributed by atoms with Gasteiger partial charge in [-0.1, -0.05) is 26.3 Å². The Balaban J connectivity index is 3.48. The molecule has 0 radical (unpaired) electrons. The molecule has 2 unspecified atom stereocenters. The van der Waals surface area contributed by atoms with Crippen molar-refractivity contribution in [3.63, 3.8) is 0 Å². The molecule has 1 rings (SSSR count). The summed E-state index contributed by atoms with van der Waals surface area (Å²) in [7, 11) is 1.60. The van der Waals surface area contributed by atoms with Gasteiger partial charge in [-0.3, -0.25) is 4.79 Å². The number of ether oxygens (including phenoxy) is 1. The van der Waals surface area contributed by atoms with E-state index in [0.29, 0.717) is 30.8 Å². The smallest absolute Gasteiger partial charge is 0.257 e.